The van der Waals surface area contributed by atoms with Gasteiger partial charge in [-0.05, 0) is 42.8 Å². The molecule has 0 fully saturated rings. The van der Waals surface area contributed by atoms with Crippen molar-refractivity contribution in [2.24, 2.45) is 5.10 Å². The highest BCUT2D eigenvalue weighted by atomic mass is 16.5. The Balaban J connectivity index is 2.06. The maximum Gasteiger partial charge on any atom is 0.275 e. The summed E-state index contributed by atoms with van der Waals surface area (Å²) in [6.07, 6.45) is 1.37. The van der Waals surface area contributed by atoms with Crippen molar-refractivity contribution in [2.75, 3.05) is 6.61 Å². The number of rotatable bonds is 5. The number of ether oxygens (including phenoxy) is 1. The van der Waals surface area contributed by atoms with Gasteiger partial charge in [0.25, 0.3) is 5.91 Å². The molecule has 4 N–H and O–H groups in total. The molecule has 7 heteroatoms. The molecule has 2 aromatic carbocycles. The minimum absolute atomic E-state index is 0.0133. The second-order valence-electron chi connectivity index (χ2n) is 4.56. The average Bonchev–Trinajstić information content (AvgIpc) is 2.50. The van der Waals surface area contributed by atoms with E-state index in [0.29, 0.717) is 17.9 Å². The third-order valence-corrected chi connectivity index (χ3v) is 2.89. The number of hydrogen-bond acceptors (Lipinski definition) is 6. The molecule has 0 radical (unpaired) electrons. The molecule has 0 aliphatic rings. The molecule has 0 saturated carbocycles. The van der Waals surface area contributed by atoms with Crippen LogP contribution in [-0.4, -0.2) is 34.0 Å². The first kappa shape index (κ1) is 16.2. The highest BCUT2D eigenvalue weighted by Crippen LogP contribution is 2.26. The summed E-state index contributed by atoms with van der Waals surface area (Å²) in [7, 11) is 0. The van der Waals surface area contributed by atoms with Crippen molar-refractivity contribution in [1.29, 1.82) is 0 Å². The van der Waals surface area contributed by atoms with E-state index < -0.39 is 5.91 Å². The Morgan fingerprint density at radius 3 is 2.65 bits per heavy atom. The number of carbonyl (C=O) groups excluding carboxylic acids is 1. The van der Waals surface area contributed by atoms with Crippen LogP contribution in [0.2, 0.25) is 0 Å². The third kappa shape index (κ3) is 4.13. The Bertz CT molecular complexity index is 743. The van der Waals surface area contributed by atoms with Crippen LogP contribution in [0, 0.1) is 0 Å². The molecule has 7 nitrogen and oxygen atoms in total. The summed E-state index contributed by atoms with van der Waals surface area (Å²) in [4.78, 5) is 11.9. The molecule has 23 heavy (non-hydrogen) atoms. The Morgan fingerprint density at radius 1 is 1.17 bits per heavy atom. The summed E-state index contributed by atoms with van der Waals surface area (Å²) >= 11 is 0. The zero-order valence-electron chi connectivity index (χ0n) is 12.4. The van der Waals surface area contributed by atoms with E-state index >= 15 is 0 Å². The van der Waals surface area contributed by atoms with Crippen molar-refractivity contribution >= 4 is 12.1 Å². The summed E-state index contributed by atoms with van der Waals surface area (Å²) in [5, 5.41) is 32.1. The topological polar surface area (TPSA) is 111 Å². The van der Waals surface area contributed by atoms with Gasteiger partial charge in [0.05, 0.1) is 18.4 Å². The van der Waals surface area contributed by atoms with Crippen LogP contribution in [0.3, 0.4) is 0 Å². The third-order valence-electron chi connectivity index (χ3n) is 2.89. The minimum atomic E-state index is -0.623. The van der Waals surface area contributed by atoms with Gasteiger partial charge in [-0.3, -0.25) is 4.79 Å². The lowest BCUT2D eigenvalue weighted by Crippen LogP contribution is -2.17. The van der Waals surface area contributed by atoms with Crippen molar-refractivity contribution in [1.82, 2.24) is 5.43 Å². The van der Waals surface area contributed by atoms with E-state index in [9.17, 15) is 20.1 Å². The molecule has 1 amide bonds. The van der Waals surface area contributed by atoms with Crippen LogP contribution in [0.5, 0.6) is 23.0 Å². The largest absolute Gasteiger partial charge is 0.508 e. The van der Waals surface area contributed by atoms with Crippen molar-refractivity contribution in [2.45, 2.75) is 6.92 Å². The van der Waals surface area contributed by atoms with Crippen LogP contribution in [0.1, 0.15) is 22.8 Å². The normalized spacial score (nSPS) is 10.7. The van der Waals surface area contributed by atoms with Crippen LogP contribution in [0.25, 0.3) is 0 Å². The highest BCUT2D eigenvalue weighted by Gasteiger charge is 2.10. The Morgan fingerprint density at radius 2 is 1.96 bits per heavy atom. The SMILES string of the molecule is CCOc1cc(/C=N/NC(=O)c2ccc(O)cc2O)ccc1O. The maximum absolute atomic E-state index is 11.9. The highest BCUT2D eigenvalue weighted by molar-refractivity contribution is 5.97. The van der Waals surface area contributed by atoms with Crippen molar-refractivity contribution < 1.29 is 24.9 Å². The molecule has 0 spiro atoms. The van der Waals surface area contributed by atoms with E-state index in [2.05, 4.69) is 10.5 Å². The molecule has 0 bridgehead atoms. The smallest absolute Gasteiger partial charge is 0.275 e. The number of phenolic OH excluding ortho intramolecular Hbond substituents is 3. The lowest BCUT2D eigenvalue weighted by atomic mass is 10.2. The zero-order chi connectivity index (χ0) is 16.8. The second kappa shape index (κ2) is 7.17. The van der Waals surface area contributed by atoms with Crippen LogP contribution in [-0.2, 0) is 0 Å². The summed E-state index contributed by atoms with van der Waals surface area (Å²) < 4.78 is 5.25. The fourth-order valence-corrected chi connectivity index (χ4v) is 1.82. The van der Waals surface area contributed by atoms with Gasteiger partial charge >= 0.3 is 0 Å². The fourth-order valence-electron chi connectivity index (χ4n) is 1.82. The van der Waals surface area contributed by atoms with E-state index in [-0.39, 0.29) is 22.8 Å². The maximum atomic E-state index is 11.9. The number of benzene rings is 2. The zero-order valence-corrected chi connectivity index (χ0v) is 12.4. The van der Waals surface area contributed by atoms with Gasteiger partial charge in [-0.1, -0.05) is 0 Å². The van der Waals surface area contributed by atoms with Gasteiger partial charge in [0.15, 0.2) is 11.5 Å². The van der Waals surface area contributed by atoms with Crippen LogP contribution >= 0.6 is 0 Å². The van der Waals surface area contributed by atoms with Gasteiger partial charge < -0.3 is 20.1 Å². The molecule has 120 valence electrons. The molecular weight excluding hydrogens is 300 g/mol. The second-order valence-corrected chi connectivity index (χ2v) is 4.56. The lowest BCUT2D eigenvalue weighted by molar-refractivity contribution is 0.0952. The quantitative estimate of drug-likeness (QED) is 0.498. The van der Waals surface area contributed by atoms with E-state index in [1.165, 1.54) is 24.4 Å². The standard InChI is InChI=1S/C16H16N2O5/c1-2-23-15-7-10(3-6-13(15)20)9-17-18-16(22)12-5-4-11(19)8-14(12)21/h3-9,19-21H,2H2,1H3,(H,18,22)/b17-9+. The molecule has 0 heterocycles. The summed E-state index contributed by atoms with van der Waals surface area (Å²) in [6, 6.07) is 8.26. The first-order valence-electron chi connectivity index (χ1n) is 6.82. The molecular formula is C16H16N2O5. The molecule has 0 atom stereocenters. The van der Waals surface area contributed by atoms with Gasteiger partial charge in [0, 0.05) is 6.07 Å². The predicted octanol–water partition coefficient (Wildman–Crippen LogP) is 1.97. The predicted molar refractivity (Wildman–Crippen MR) is 84.1 cm³/mol. The number of nitrogens with zero attached hydrogens (tertiary/aromatic N) is 1. The minimum Gasteiger partial charge on any atom is -0.508 e. The van der Waals surface area contributed by atoms with E-state index in [1.54, 1.807) is 19.1 Å². The Hall–Kier alpha value is -3.22. The van der Waals surface area contributed by atoms with Gasteiger partial charge in [-0.2, -0.15) is 5.10 Å². The number of hydrogen-bond donors (Lipinski definition) is 4. The summed E-state index contributed by atoms with van der Waals surface area (Å²) in [6.45, 7) is 2.20. The number of nitrogens with one attached hydrogen (secondary N) is 1. The number of hydrazone groups is 1. The number of amides is 1. The number of carbonyl (C=O) groups is 1. The monoisotopic (exact) mass is 316 g/mol. The van der Waals surface area contributed by atoms with Gasteiger partial charge in [0.2, 0.25) is 0 Å². The fraction of sp³-hybridized carbons (Fsp3) is 0.125. The molecule has 0 saturated heterocycles. The van der Waals surface area contributed by atoms with E-state index in [0.717, 1.165) is 6.07 Å². The molecule has 0 unspecified atom stereocenters. The van der Waals surface area contributed by atoms with E-state index in [1.807, 2.05) is 0 Å². The molecule has 0 aromatic heterocycles. The van der Waals surface area contributed by atoms with Gasteiger partial charge in [0.1, 0.15) is 11.5 Å². The lowest BCUT2D eigenvalue weighted by Gasteiger charge is -2.06. The molecule has 2 aromatic rings. The summed E-state index contributed by atoms with van der Waals surface area (Å²) in [5.41, 5.74) is 2.86. The average molecular weight is 316 g/mol. The van der Waals surface area contributed by atoms with Crippen LogP contribution < -0.4 is 10.2 Å². The number of aromatic hydroxyl groups is 3. The Kier molecular flexibility index (Phi) is 5.03. The van der Waals surface area contributed by atoms with Crippen molar-refractivity contribution in [3.8, 4) is 23.0 Å². The first-order chi connectivity index (χ1) is 11.0. The van der Waals surface area contributed by atoms with Crippen molar-refractivity contribution in [3.63, 3.8) is 0 Å². The van der Waals surface area contributed by atoms with Crippen LogP contribution in [0.4, 0.5) is 0 Å². The van der Waals surface area contributed by atoms with Crippen LogP contribution in [0.15, 0.2) is 41.5 Å². The van der Waals surface area contributed by atoms with Crippen molar-refractivity contribution in [3.05, 3.63) is 47.5 Å². The van der Waals surface area contributed by atoms with Gasteiger partial charge in [-0.25, -0.2) is 5.43 Å². The summed E-state index contributed by atoms with van der Waals surface area (Å²) in [5.74, 6) is -0.778. The molecule has 2 rings (SSSR count). The molecule has 0 aliphatic heterocycles. The van der Waals surface area contributed by atoms with E-state index in [4.69, 9.17) is 4.74 Å². The molecule has 0 aliphatic carbocycles. The first-order valence-corrected chi connectivity index (χ1v) is 6.82. The van der Waals surface area contributed by atoms with Gasteiger partial charge in [-0.15, -0.1) is 0 Å². The Labute approximate surface area is 132 Å². The number of phenols is 3.